The van der Waals surface area contributed by atoms with Crippen LogP contribution in [0.25, 0.3) is 11.4 Å². The molecule has 1 aliphatic heterocycles. The smallest absolute Gasteiger partial charge is 0.133 e. The fourth-order valence-electron chi connectivity index (χ4n) is 2.29. The molecule has 0 amide bonds. The predicted octanol–water partition coefficient (Wildman–Crippen LogP) is 1.92. The molecule has 0 aliphatic carbocycles. The monoisotopic (exact) mass is 240 g/mol. The lowest BCUT2D eigenvalue weighted by molar-refractivity contribution is 0.698. The summed E-state index contributed by atoms with van der Waals surface area (Å²) in [6.45, 7) is 4.05. The summed E-state index contributed by atoms with van der Waals surface area (Å²) in [7, 11) is 0. The Morgan fingerprint density at radius 3 is 2.89 bits per heavy atom. The molecule has 1 saturated heterocycles. The standard InChI is InChI=1S/C14H16N4/c1-10-8-13(12-4-2-3-6-16-12)18-14(17-10)11-5-7-15-9-11/h2-4,6,8,11,15H,5,7,9H2,1H3. The first kappa shape index (κ1) is 11.3. The van der Waals surface area contributed by atoms with Crippen LogP contribution in [0.3, 0.4) is 0 Å². The van der Waals surface area contributed by atoms with Crippen LogP contribution in [-0.2, 0) is 0 Å². The molecule has 0 saturated carbocycles. The van der Waals surface area contributed by atoms with Crippen LogP contribution < -0.4 is 5.32 Å². The van der Waals surface area contributed by atoms with Crippen LogP contribution in [0.2, 0.25) is 0 Å². The first-order valence-electron chi connectivity index (χ1n) is 6.30. The zero-order chi connectivity index (χ0) is 12.4. The van der Waals surface area contributed by atoms with Crippen molar-refractivity contribution in [2.24, 2.45) is 0 Å². The molecule has 4 nitrogen and oxygen atoms in total. The molecule has 1 atom stereocenters. The molecule has 2 aromatic rings. The van der Waals surface area contributed by atoms with Gasteiger partial charge >= 0.3 is 0 Å². The minimum absolute atomic E-state index is 0.437. The van der Waals surface area contributed by atoms with Gasteiger partial charge in [-0.25, -0.2) is 9.97 Å². The number of hydrogen-bond donors (Lipinski definition) is 1. The predicted molar refractivity (Wildman–Crippen MR) is 70.2 cm³/mol. The minimum Gasteiger partial charge on any atom is -0.316 e. The Hall–Kier alpha value is -1.81. The SMILES string of the molecule is Cc1cc(-c2ccccn2)nc(C2CCNC2)n1. The maximum absolute atomic E-state index is 4.67. The molecule has 0 aromatic carbocycles. The fraction of sp³-hybridized carbons (Fsp3) is 0.357. The molecule has 1 aliphatic rings. The Bertz CT molecular complexity index is 533. The Balaban J connectivity index is 2.00. The molecule has 0 bridgehead atoms. The molecule has 0 radical (unpaired) electrons. The van der Waals surface area contributed by atoms with Crippen molar-refractivity contribution in [1.82, 2.24) is 20.3 Å². The van der Waals surface area contributed by atoms with Gasteiger partial charge in [0.15, 0.2) is 0 Å². The zero-order valence-corrected chi connectivity index (χ0v) is 10.4. The summed E-state index contributed by atoms with van der Waals surface area (Å²) < 4.78 is 0. The average Bonchev–Trinajstić information content (AvgIpc) is 2.93. The van der Waals surface area contributed by atoms with Crippen LogP contribution in [0.4, 0.5) is 0 Å². The molecule has 1 fully saturated rings. The second-order valence-electron chi connectivity index (χ2n) is 4.66. The molecule has 3 heterocycles. The van der Waals surface area contributed by atoms with Crippen LogP contribution in [0.15, 0.2) is 30.5 Å². The topological polar surface area (TPSA) is 50.7 Å². The van der Waals surface area contributed by atoms with Crippen molar-refractivity contribution < 1.29 is 0 Å². The van der Waals surface area contributed by atoms with Crippen molar-refractivity contribution in [2.75, 3.05) is 13.1 Å². The zero-order valence-electron chi connectivity index (χ0n) is 10.4. The summed E-state index contributed by atoms with van der Waals surface area (Å²) in [6, 6.07) is 7.88. The number of aromatic nitrogens is 3. The van der Waals surface area contributed by atoms with E-state index in [-0.39, 0.29) is 0 Å². The van der Waals surface area contributed by atoms with Crippen LogP contribution >= 0.6 is 0 Å². The van der Waals surface area contributed by atoms with Gasteiger partial charge in [-0.15, -0.1) is 0 Å². The molecule has 92 valence electrons. The summed E-state index contributed by atoms with van der Waals surface area (Å²) in [4.78, 5) is 13.6. The molecular formula is C14H16N4. The van der Waals surface area contributed by atoms with Crippen molar-refractivity contribution in [3.05, 3.63) is 42.0 Å². The maximum atomic E-state index is 4.67. The Morgan fingerprint density at radius 2 is 2.17 bits per heavy atom. The fourth-order valence-corrected chi connectivity index (χ4v) is 2.29. The van der Waals surface area contributed by atoms with Gasteiger partial charge in [-0.3, -0.25) is 4.98 Å². The van der Waals surface area contributed by atoms with Crippen molar-refractivity contribution in [3.8, 4) is 11.4 Å². The van der Waals surface area contributed by atoms with Gasteiger partial charge in [-0.05, 0) is 38.1 Å². The number of aryl methyl sites for hydroxylation is 1. The van der Waals surface area contributed by atoms with Gasteiger partial charge in [0.25, 0.3) is 0 Å². The lowest BCUT2D eigenvalue weighted by atomic mass is 10.1. The largest absolute Gasteiger partial charge is 0.316 e. The highest BCUT2D eigenvalue weighted by Crippen LogP contribution is 2.22. The van der Waals surface area contributed by atoms with Gasteiger partial charge in [-0.1, -0.05) is 6.07 Å². The molecule has 2 aromatic heterocycles. The van der Waals surface area contributed by atoms with E-state index in [0.717, 1.165) is 42.4 Å². The van der Waals surface area contributed by atoms with Crippen molar-refractivity contribution in [2.45, 2.75) is 19.3 Å². The van der Waals surface area contributed by atoms with Crippen LogP contribution in [0.5, 0.6) is 0 Å². The molecule has 3 rings (SSSR count). The van der Waals surface area contributed by atoms with Gasteiger partial charge in [0.1, 0.15) is 5.82 Å². The second-order valence-corrected chi connectivity index (χ2v) is 4.66. The highest BCUT2D eigenvalue weighted by Gasteiger charge is 2.20. The first-order chi connectivity index (χ1) is 8.83. The van der Waals surface area contributed by atoms with Gasteiger partial charge in [0, 0.05) is 24.4 Å². The van der Waals surface area contributed by atoms with E-state index >= 15 is 0 Å². The summed E-state index contributed by atoms with van der Waals surface area (Å²) in [5.41, 5.74) is 2.84. The second kappa shape index (κ2) is 4.82. The van der Waals surface area contributed by atoms with Gasteiger partial charge in [0.2, 0.25) is 0 Å². The number of nitrogens with one attached hydrogen (secondary N) is 1. The van der Waals surface area contributed by atoms with E-state index in [1.54, 1.807) is 6.20 Å². The van der Waals surface area contributed by atoms with Gasteiger partial charge < -0.3 is 5.32 Å². The van der Waals surface area contributed by atoms with E-state index in [1.807, 2.05) is 31.2 Å². The Morgan fingerprint density at radius 1 is 1.22 bits per heavy atom. The Labute approximate surface area is 107 Å². The van der Waals surface area contributed by atoms with E-state index in [2.05, 4.69) is 20.3 Å². The molecule has 0 spiro atoms. The third-order valence-electron chi connectivity index (χ3n) is 3.22. The molecule has 4 heteroatoms. The molecule has 18 heavy (non-hydrogen) atoms. The van der Waals surface area contributed by atoms with E-state index in [9.17, 15) is 0 Å². The Kier molecular flexibility index (Phi) is 3.02. The number of pyridine rings is 1. The summed E-state index contributed by atoms with van der Waals surface area (Å²) in [6.07, 6.45) is 2.91. The third-order valence-corrected chi connectivity index (χ3v) is 3.22. The average molecular weight is 240 g/mol. The summed E-state index contributed by atoms with van der Waals surface area (Å²) >= 11 is 0. The lowest BCUT2D eigenvalue weighted by Gasteiger charge is -2.09. The number of nitrogens with zero attached hydrogens (tertiary/aromatic N) is 3. The normalized spacial score (nSPS) is 19.1. The lowest BCUT2D eigenvalue weighted by Crippen LogP contribution is -2.11. The van der Waals surface area contributed by atoms with E-state index in [4.69, 9.17) is 0 Å². The molecule has 1 N–H and O–H groups in total. The van der Waals surface area contributed by atoms with E-state index < -0.39 is 0 Å². The summed E-state index contributed by atoms with van der Waals surface area (Å²) in [5, 5.41) is 3.35. The van der Waals surface area contributed by atoms with Crippen LogP contribution in [0.1, 0.15) is 23.9 Å². The summed E-state index contributed by atoms with van der Waals surface area (Å²) in [5.74, 6) is 1.38. The van der Waals surface area contributed by atoms with Crippen molar-refractivity contribution >= 4 is 0 Å². The third kappa shape index (κ3) is 2.24. The van der Waals surface area contributed by atoms with E-state index in [0.29, 0.717) is 5.92 Å². The van der Waals surface area contributed by atoms with Gasteiger partial charge in [-0.2, -0.15) is 0 Å². The van der Waals surface area contributed by atoms with Crippen LogP contribution in [-0.4, -0.2) is 28.0 Å². The first-order valence-corrected chi connectivity index (χ1v) is 6.30. The van der Waals surface area contributed by atoms with Gasteiger partial charge in [0.05, 0.1) is 11.4 Å². The molecular weight excluding hydrogens is 224 g/mol. The number of hydrogen-bond acceptors (Lipinski definition) is 4. The number of rotatable bonds is 2. The molecule has 1 unspecified atom stereocenters. The highest BCUT2D eigenvalue weighted by molar-refractivity contribution is 5.53. The minimum atomic E-state index is 0.437. The van der Waals surface area contributed by atoms with E-state index in [1.165, 1.54) is 0 Å². The highest BCUT2D eigenvalue weighted by atomic mass is 15.0. The van der Waals surface area contributed by atoms with Crippen molar-refractivity contribution in [1.29, 1.82) is 0 Å². The van der Waals surface area contributed by atoms with Crippen LogP contribution in [0, 0.1) is 6.92 Å². The quantitative estimate of drug-likeness (QED) is 0.871. The van der Waals surface area contributed by atoms with Crippen molar-refractivity contribution in [3.63, 3.8) is 0 Å². The maximum Gasteiger partial charge on any atom is 0.133 e.